The highest BCUT2D eigenvalue weighted by atomic mass is 19.1. The zero-order valence-corrected chi connectivity index (χ0v) is 12.9. The molecule has 0 bridgehead atoms. The normalized spacial score (nSPS) is 10.6. The number of amides is 1. The summed E-state index contributed by atoms with van der Waals surface area (Å²) in [6.07, 6.45) is 0.710. The summed E-state index contributed by atoms with van der Waals surface area (Å²) in [4.78, 5) is 25.2. The third kappa shape index (κ3) is 4.00. The van der Waals surface area contributed by atoms with Crippen molar-refractivity contribution in [2.24, 2.45) is 0 Å². The van der Waals surface area contributed by atoms with E-state index in [1.807, 2.05) is 6.92 Å². The largest absolute Gasteiger partial charge is 0.336 e. The average Bonchev–Trinajstić information content (AvgIpc) is 2.51. The SMILES string of the molecule is CCCn1nc(C(=O)N(C)Cc2ccc(F)cc2F)ccc1=O. The highest BCUT2D eigenvalue weighted by Crippen LogP contribution is 2.12. The van der Waals surface area contributed by atoms with Gasteiger partial charge in [-0.05, 0) is 18.6 Å². The van der Waals surface area contributed by atoms with E-state index >= 15 is 0 Å². The molecule has 2 aromatic rings. The number of hydrogen-bond donors (Lipinski definition) is 0. The van der Waals surface area contributed by atoms with E-state index in [4.69, 9.17) is 0 Å². The molecule has 0 spiro atoms. The first-order chi connectivity index (χ1) is 10.9. The predicted molar refractivity (Wildman–Crippen MR) is 80.9 cm³/mol. The fourth-order valence-corrected chi connectivity index (χ4v) is 2.11. The maximum absolute atomic E-state index is 13.7. The van der Waals surface area contributed by atoms with Crippen LogP contribution in [0.5, 0.6) is 0 Å². The van der Waals surface area contributed by atoms with Crippen molar-refractivity contribution in [2.45, 2.75) is 26.4 Å². The molecule has 122 valence electrons. The highest BCUT2D eigenvalue weighted by molar-refractivity contribution is 5.91. The molecule has 1 heterocycles. The number of aromatic nitrogens is 2. The molecule has 0 unspecified atom stereocenters. The number of hydrogen-bond acceptors (Lipinski definition) is 3. The van der Waals surface area contributed by atoms with Gasteiger partial charge < -0.3 is 4.90 Å². The second-order valence-corrected chi connectivity index (χ2v) is 5.18. The molecule has 23 heavy (non-hydrogen) atoms. The molecule has 0 saturated carbocycles. The highest BCUT2D eigenvalue weighted by Gasteiger charge is 2.16. The molecular formula is C16H17F2N3O2. The van der Waals surface area contributed by atoms with Gasteiger partial charge in [0.25, 0.3) is 11.5 Å². The first kappa shape index (κ1) is 16.8. The number of rotatable bonds is 5. The minimum atomic E-state index is -0.714. The van der Waals surface area contributed by atoms with Gasteiger partial charge in [0.15, 0.2) is 0 Å². The molecule has 0 aliphatic rings. The van der Waals surface area contributed by atoms with Gasteiger partial charge in [-0.3, -0.25) is 9.59 Å². The number of carbonyl (C=O) groups excluding carboxylic acids is 1. The Morgan fingerprint density at radius 3 is 2.65 bits per heavy atom. The molecule has 1 aromatic carbocycles. The molecule has 2 rings (SSSR count). The van der Waals surface area contributed by atoms with Crippen molar-refractivity contribution in [1.29, 1.82) is 0 Å². The summed E-state index contributed by atoms with van der Waals surface area (Å²) < 4.78 is 27.8. The lowest BCUT2D eigenvalue weighted by atomic mass is 10.2. The van der Waals surface area contributed by atoms with E-state index in [-0.39, 0.29) is 23.4 Å². The maximum Gasteiger partial charge on any atom is 0.274 e. The van der Waals surface area contributed by atoms with Crippen molar-refractivity contribution < 1.29 is 13.6 Å². The molecule has 0 aliphatic heterocycles. The topological polar surface area (TPSA) is 55.2 Å². The standard InChI is InChI=1S/C16H17F2N3O2/c1-3-8-21-15(22)7-6-14(19-21)16(23)20(2)10-11-4-5-12(17)9-13(11)18/h4-7,9H,3,8,10H2,1-2H3. The lowest BCUT2D eigenvalue weighted by molar-refractivity contribution is 0.0775. The van der Waals surface area contributed by atoms with Gasteiger partial charge in [-0.1, -0.05) is 13.0 Å². The summed E-state index contributed by atoms with van der Waals surface area (Å²) in [5, 5.41) is 4.02. The fourth-order valence-electron chi connectivity index (χ4n) is 2.11. The van der Waals surface area contributed by atoms with E-state index in [0.29, 0.717) is 13.0 Å². The van der Waals surface area contributed by atoms with E-state index < -0.39 is 17.5 Å². The lowest BCUT2D eigenvalue weighted by Gasteiger charge is -2.17. The lowest BCUT2D eigenvalue weighted by Crippen LogP contribution is -2.31. The predicted octanol–water partition coefficient (Wildman–Crippen LogP) is 2.20. The summed E-state index contributed by atoms with van der Waals surface area (Å²) >= 11 is 0. The molecular weight excluding hydrogens is 304 g/mol. The number of aryl methyl sites for hydroxylation is 1. The van der Waals surface area contributed by atoms with Gasteiger partial charge in [0.2, 0.25) is 0 Å². The van der Waals surface area contributed by atoms with Gasteiger partial charge in [-0.2, -0.15) is 5.10 Å². The zero-order chi connectivity index (χ0) is 17.0. The molecule has 5 nitrogen and oxygen atoms in total. The van der Waals surface area contributed by atoms with Gasteiger partial charge in [-0.25, -0.2) is 13.5 Å². The second kappa shape index (κ2) is 7.13. The van der Waals surface area contributed by atoms with Crippen LogP contribution in [0.1, 0.15) is 29.4 Å². The Kier molecular flexibility index (Phi) is 5.20. The maximum atomic E-state index is 13.7. The average molecular weight is 321 g/mol. The summed E-state index contributed by atoms with van der Waals surface area (Å²) in [6, 6.07) is 5.82. The quantitative estimate of drug-likeness (QED) is 0.848. The Morgan fingerprint density at radius 1 is 1.26 bits per heavy atom. The van der Waals surface area contributed by atoms with Crippen LogP contribution < -0.4 is 5.56 Å². The first-order valence-corrected chi connectivity index (χ1v) is 7.20. The van der Waals surface area contributed by atoms with Crippen molar-refractivity contribution in [3.8, 4) is 0 Å². The van der Waals surface area contributed by atoms with E-state index in [0.717, 1.165) is 12.1 Å². The van der Waals surface area contributed by atoms with Crippen LogP contribution in [-0.4, -0.2) is 27.6 Å². The third-order valence-corrected chi connectivity index (χ3v) is 3.29. The van der Waals surface area contributed by atoms with Crippen molar-refractivity contribution in [3.05, 3.63) is 63.6 Å². The van der Waals surface area contributed by atoms with Crippen LogP contribution in [0.15, 0.2) is 35.1 Å². The van der Waals surface area contributed by atoms with Gasteiger partial charge in [0.05, 0.1) is 0 Å². The van der Waals surface area contributed by atoms with E-state index in [9.17, 15) is 18.4 Å². The summed E-state index contributed by atoms with van der Waals surface area (Å²) in [5.41, 5.74) is 0.0165. The minimum absolute atomic E-state index is 0.0282. The Morgan fingerprint density at radius 2 is 2.00 bits per heavy atom. The number of halogens is 2. The number of benzene rings is 1. The second-order valence-electron chi connectivity index (χ2n) is 5.18. The summed E-state index contributed by atoms with van der Waals surface area (Å²) in [5.74, 6) is -1.83. The van der Waals surface area contributed by atoms with Gasteiger partial charge in [0.1, 0.15) is 17.3 Å². The van der Waals surface area contributed by atoms with E-state index in [1.165, 1.54) is 34.8 Å². The molecule has 0 N–H and O–H groups in total. The molecule has 0 atom stereocenters. The number of carbonyl (C=O) groups is 1. The van der Waals surface area contributed by atoms with Crippen molar-refractivity contribution in [3.63, 3.8) is 0 Å². The summed E-state index contributed by atoms with van der Waals surface area (Å²) in [6.45, 7) is 2.28. The number of nitrogens with zero attached hydrogens (tertiary/aromatic N) is 3. The van der Waals surface area contributed by atoms with Crippen LogP contribution in [0.25, 0.3) is 0 Å². The molecule has 1 aromatic heterocycles. The van der Waals surface area contributed by atoms with Crippen molar-refractivity contribution in [1.82, 2.24) is 14.7 Å². The van der Waals surface area contributed by atoms with Crippen LogP contribution in [-0.2, 0) is 13.1 Å². The van der Waals surface area contributed by atoms with Gasteiger partial charge in [0, 0.05) is 37.8 Å². The molecule has 7 heteroatoms. The van der Waals surface area contributed by atoms with Crippen molar-refractivity contribution >= 4 is 5.91 Å². The van der Waals surface area contributed by atoms with Crippen LogP contribution in [0, 0.1) is 11.6 Å². The smallest absolute Gasteiger partial charge is 0.274 e. The molecule has 1 amide bonds. The fraction of sp³-hybridized carbons (Fsp3) is 0.312. The third-order valence-electron chi connectivity index (χ3n) is 3.29. The molecule has 0 saturated heterocycles. The van der Waals surface area contributed by atoms with Crippen LogP contribution in [0.2, 0.25) is 0 Å². The minimum Gasteiger partial charge on any atom is -0.336 e. The van der Waals surface area contributed by atoms with Gasteiger partial charge in [-0.15, -0.1) is 0 Å². The Balaban J connectivity index is 2.19. The van der Waals surface area contributed by atoms with Crippen LogP contribution in [0.4, 0.5) is 8.78 Å². The molecule has 0 fully saturated rings. The molecule has 0 aliphatic carbocycles. The van der Waals surface area contributed by atoms with E-state index in [1.54, 1.807) is 0 Å². The van der Waals surface area contributed by atoms with Crippen molar-refractivity contribution in [2.75, 3.05) is 7.05 Å². The molecule has 0 radical (unpaired) electrons. The summed E-state index contributed by atoms with van der Waals surface area (Å²) in [7, 11) is 1.49. The van der Waals surface area contributed by atoms with Gasteiger partial charge >= 0.3 is 0 Å². The monoisotopic (exact) mass is 321 g/mol. The van der Waals surface area contributed by atoms with Crippen LogP contribution >= 0.6 is 0 Å². The zero-order valence-electron chi connectivity index (χ0n) is 12.9. The first-order valence-electron chi connectivity index (χ1n) is 7.20. The Hall–Kier alpha value is -2.57. The Labute approximate surface area is 132 Å². The van der Waals surface area contributed by atoms with Crippen LogP contribution in [0.3, 0.4) is 0 Å². The van der Waals surface area contributed by atoms with E-state index in [2.05, 4.69) is 5.10 Å². The Bertz CT molecular complexity index is 774.